The zero-order valence-corrected chi connectivity index (χ0v) is 51.1. The normalized spacial score (nSPS) is 47.7. The summed E-state index contributed by atoms with van der Waals surface area (Å²) < 4.78 is 115. The fourth-order valence-electron chi connectivity index (χ4n) is 12.4. The summed E-state index contributed by atoms with van der Waals surface area (Å²) in [4.78, 5) is -0.276. The number of aryl methyl sites for hydroxylation is 3. The predicted molar refractivity (Wildman–Crippen MR) is 292 cm³/mol. The van der Waals surface area contributed by atoms with Crippen LogP contribution in [0, 0.1) is 20.8 Å². The summed E-state index contributed by atoms with van der Waals surface area (Å²) >= 11 is 1.31. The van der Waals surface area contributed by atoms with Crippen molar-refractivity contribution in [3.63, 3.8) is 0 Å². The van der Waals surface area contributed by atoms with E-state index in [1.54, 1.807) is 19.1 Å². The van der Waals surface area contributed by atoms with Crippen molar-refractivity contribution in [1.29, 1.82) is 0 Å². The first-order valence-corrected chi connectivity index (χ1v) is 31.9. The smallest absolute Gasteiger partial charge is 0.298 e. The second-order valence-electron chi connectivity index (χ2n) is 23.5. The molecule has 0 aromatic heterocycles. The van der Waals surface area contributed by atoms with Crippen LogP contribution in [-0.4, -0.2) is 383 Å². The molecule has 8 fully saturated rings. The molecule has 92 heavy (non-hydrogen) atoms. The Kier molecular flexibility index (Phi) is 25.5. The van der Waals surface area contributed by atoms with Crippen LogP contribution in [0.2, 0.25) is 0 Å². The Morgan fingerprint density at radius 2 is 0.663 bits per heavy atom. The molecular formula is C53H84O37S2. The van der Waals surface area contributed by atoms with Gasteiger partial charge in [-0.2, -0.15) is 8.42 Å². The molecule has 0 amide bonds. The van der Waals surface area contributed by atoms with Gasteiger partial charge in [0.25, 0.3) is 10.1 Å². The van der Waals surface area contributed by atoms with Crippen LogP contribution >= 0.6 is 11.8 Å². The van der Waals surface area contributed by atoms with Gasteiger partial charge >= 0.3 is 0 Å². The van der Waals surface area contributed by atoms with Crippen molar-refractivity contribution in [2.45, 2.75) is 239 Å². The van der Waals surface area contributed by atoms with E-state index < -0.39 is 264 Å². The van der Waals surface area contributed by atoms with Gasteiger partial charge in [-0.1, -0.05) is 17.7 Å². The van der Waals surface area contributed by atoms with Crippen LogP contribution in [-0.2, 0) is 80.6 Å². The molecule has 8 heterocycles. The number of aliphatic hydroxyl groups excluding tert-OH is 20. The summed E-state index contributed by atoms with van der Waals surface area (Å²) in [6, 6.07) is 3.15. The van der Waals surface area contributed by atoms with Gasteiger partial charge in [0.15, 0.2) is 50.1 Å². The summed E-state index contributed by atoms with van der Waals surface area (Å²) in [6.45, 7) is -2.36. The SMILES string of the molecule is Cc1cc(C)c(S(=O)(=O)O[C@H]2[C@@H](O[C@H]3[C@@H]4S[C@H]4[C@H](OCCO)O[C@@H]3CO)O[C@H](CO)[C@@H](O[C@H]3O[C@H](CO)[C@@H](O[C@H]4O[C@H](CO)[C@@H](O[C@H]5O[C@H](CO)[C@@H](O[C@H]6O[C@H](CO)[C@@H](O[C@H]7O[C@H](CO)[C@@H](O)[C@H](O)[C@H]7O)[C@H](O)[C@H]6O)[C@H](O)[C@H]5O)[C@H](O)[C@H]4O)[C@H](O)[C@H]3O)[C@@H]2O)c(C)c1. The van der Waals surface area contributed by atoms with E-state index >= 15 is 0 Å². The number of fused-ring (bicyclic) bond motifs is 1. The number of aliphatic hydroxyl groups is 20. The third-order valence-electron chi connectivity index (χ3n) is 17.2. The van der Waals surface area contributed by atoms with E-state index in [-0.39, 0.29) is 34.5 Å². The number of hydrogen-bond donors (Lipinski definition) is 20. The predicted octanol–water partition coefficient (Wildman–Crippen LogP) is -12.2. The molecular weight excluding hydrogens is 1290 g/mol. The van der Waals surface area contributed by atoms with Crippen molar-refractivity contribution >= 4 is 21.9 Å². The molecule has 8 aliphatic rings. The average Bonchev–Trinajstić information content (AvgIpc) is 1.46. The van der Waals surface area contributed by atoms with Crippen LogP contribution in [0.15, 0.2) is 17.0 Å². The highest BCUT2D eigenvalue weighted by Gasteiger charge is 2.62. The summed E-state index contributed by atoms with van der Waals surface area (Å²) in [5.41, 5.74) is 1.24. The van der Waals surface area contributed by atoms with Crippen molar-refractivity contribution in [2.75, 3.05) is 59.5 Å². The first-order valence-electron chi connectivity index (χ1n) is 29.5. The third kappa shape index (κ3) is 15.3. The molecule has 37 nitrogen and oxygen atoms in total. The molecule has 0 unspecified atom stereocenters. The molecule has 9 rings (SSSR count). The minimum atomic E-state index is -4.87. The van der Waals surface area contributed by atoms with E-state index in [4.69, 9.17) is 70.5 Å². The highest BCUT2D eigenvalue weighted by molar-refractivity contribution is 8.07. The summed E-state index contributed by atoms with van der Waals surface area (Å²) in [5.74, 6) is 0. The van der Waals surface area contributed by atoms with Gasteiger partial charge in [0, 0.05) is 0 Å². The molecule has 35 atom stereocenters. The van der Waals surface area contributed by atoms with Gasteiger partial charge in [0.2, 0.25) is 0 Å². The largest absolute Gasteiger partial charge is 0.394 e. The zero-order chi connectivity index (χ0) is 67.1. The Morgan fingerprint density at radius 3 is 1.02 bits per heavy atom. The molecule has 0 radical (unpaired) electrons. The monoisotopic (exact) mass is 1380 g/mol. The van der Waals surface area contributed by atoms with Gasteiger partial charge in [0.05, 0.1) is 74.9 Å². The quantitative estimate of drug-likeness (QED) is 0.0319. The first kappa shape index (κ1) is 74.3. The second kappa shape index (κ2) is 31.5. The van der Waals surface area contributed by atoms with E-state index in [1.807, 2.05) is 0 Å². The maximum Gasteiger partial charge on any atom is 0.298 e. The van der Waals surface area contributed by atoms with Gasteiger partial charge in [-0.3, -0.25) is 4.18 Å². The van der Waals surface area contributed by atoms with Crippen LogP contribution in [0.3, 0.4) is 0 Å². The second-order valence-corrected chi connectivity index (χ2v) is 26.3. The van der Waals surface area contributed by atoms with Crippen molar-refractivity contribution in [2.24, 2.45) is 0 Å². The van der Waals surface area contributed by atoms with Gasteiger partial charge < -0.3 is 168 Å². The van der Waals surface area contributed by atoms with Gasteiger partial charge in [-0.05, 0) is 31.9 Å². The Bertz CT molecular complexity index is 2590. The molecule has 530 valence electrons. The van der Waals surface area contributed by atoms with Crippen molar-refractivity contribution in [3.8, 4) is 0 Å². The Hall–Kier alpha value is -1.88. The van der Waals surface area contributed by atoms with E-state index in [0.717, 1.165) is 0 Å². The zero-order valence-electron chi connectivity index (χ0n) is 49.4. The van der Waals surface area contributed by atoms with Crippen molar-refractivity contribution in [3.05, 3.63) is 28.8 Å². The number of rotatable bonds is 25. The lowest BCUT2D eigenvalue weighted by atomic mass is 9.95. The fraction of sp³-hybridized carbons (Fsp3) is 0.887. The maximum atomic E-state index is 14.3. The van der Waals surface area contributed by atoms with Crippen LogP contribution in [0.4, 0.5) is 0 Å². The molecule has 20 N–H and O–H groups in total. The summed E-state index contributed by atoms with van der Waals surface area (Å²) in [5, 5.41) is 215. The molecule has 0 saturated carbocycles. The molecule has 0 aliphatic carbocycles. The summed E-state index contributed by atoms with van der Waals surface area (Å²) in [7, 11) is -4.87. The Balaban J connectivity index is 0.844. The lowest BCUT2D eigenvalue weighted by Crippen LogP contribution is -2.68. The lowest BCUT2D eigenvalue weighted by Gasteiger charge is -2.50. The van der Waals surface area contributed by atoms with Crippen molar-refractivity contribution in [1.82, 2.24) is 0 Å². The average molecular weight is 1380 g/mol. The highest BCUT2D eigenvalue weighted by Crippen LogP contribution is 2.53. The number of ether oxygens (including phenoxy) is 14. The van der Waals surface area contributed by atoms with E-state index in [2.05, 4.69) is 0 Å². The van der Waals surface area contributed by atoms with Crippen LogP contribution in [0.5, 0.6) is 0 Å². The van der Waals surface area contributed by atoms with Crippen LogP contribution < -0.4 is 0 Å². The molecule has 1 aromatic rings. The Morgan fingerprint density at radius 1 is 0.359 bits per heavy atom. The fourth-order valence-corrected chi connectivity index (χ4v) is 15.1. The topological polar surface area (TPSA) is 577 Å². The van der Waals surface area contributed by atoms with Crippen molar-refractivity contribution < 1.29 is 181 Å². The number of thioether (sulfide) groups is 1. The minimum Gasteiger partial charge on any atom is -0.394 e. The lowest BCUT2D eigenvalue weighted by molar-refractivity contribution is -0.396. The van der Waals surface area contributed by atoms with E-state index in [0.29, 0.717) is 5.56 Å². The number of hydrogen-bond acceptors (Lipinski definition) is 38. The molecule has 1 aromatic carbocycles. The van der Waals surface area contributed by atoms with Crippen LogP contribution in [0.25, 0.3) is 0 Å². The third-order valence-corrected chi connectivity index (χ3v) is 20.2. The van der Waals surface area contributed by atoms with E-state index in [1.165, 1.54) is 25.6 Å². The highest BCUT2D eigenvalue weighted by atomic mass is 32.2. The number of benzene rings is 1. The molecule has 8 saturated heterocycles. The molecule has 8 aliphatic heterocycles. The maximum absolute atomic E-state index is 14.3. The first-order chi connectivity index (χ1) is 43.7. The molecule has 39 heteroatoms. The van der Waals surface area contributed by atoms with Gasteiger partial charge in [0.1, 0.15) is 153 Å². The molecule has 0 bridgehead atoms. The minimum absolute atomic E-state index is 0.0909. The van der Waals surface area contributed by atoms with Crippen LogP contribution in [0.1, 0.15) is 16.7 Å². The Labute approximate surface area is 528 Å². The standard InChI is InChI=1S/C53H84O37S2/c1-15-6-16(2)46(17(3)7-15)92(74,75)90-43-36(73)41(23(13-60)82-52(43)89-42-24(14-61)83-53(76-5-4-54)45-44(42)91-45)88-51-35(72)30(67)40(22(12-59)81-51)87-50-34(71)29(66)39(21(11-58)80-50)86-49-33(70)28(65)38(20(10-57)79-49)85-48-32(69)27(64)37(19(9-56)78-48)84-47-31(68)26(63)25(62)18(8-55)77-47/h6-7,18-45,47-73H,4-5,8-14H2,1-3H3/t18-,19-,20-,21-,22-,23-,24-,25-,26+,27-,28-,29-,30-,31-,32-,33-,34-,35-,36+,37-,38-,39-,40-,41-,42-,43-,44+,45-,47-,48-,49-,50-,51-,52-,53-/m1/s1. The van der Waals surface area contributed by atoms with E-state index in [9.17, 15) is 111 Å². The summed E-state index contributed by atoms with van der Waals surface area (Å²) in [6.07, 6.45) is -62.2. The van der Waals surface area contributed by atoms with Gasteiger partial charge in [-0.15, -0.1) is 11.8 Å². The van der Waals surface area contributed by atoms with Gasteiger partial charge in [-0.25, -0.2) is 0 Å². The molecule has 0 spiro atoms.